The van der Waals surface area contributed by atoms with Gasteiger partial charge in [0.25, 0.3) is 0 Å². The maximum Gasteiger partial charge on any atom is 0.0622 e. The van der Waals surface area contributed by atoms with Crippen molar-refractivity contribution in [3.05, 3.63) is 0 Å². The van der Waals surface area contributed by atoms with Gasteiger partial charge in [-0.15, -0.1) is 0 Å². The van der Waals surface area contributed by atoms with Gasteiger partial charge in [0, 0.05) is 12.5 Å². The lowest BCUT2D eigenvalue weighted by atomic mass is 10.0. The van der Waals surface area contributed by atoms with E-state index in [1.165, 1.54) is 12.8 Å². The Labute approximate surface area is 82.3 Å². The maximum absolute atomic E-state index is 8.33. The van der Waals surface area contributed by atoms with Gasteiger partial charge in [-0.3, -0.25) is 0 Å². The van der Waals surface area contributed by atoms with Crippen LogP contribution in [0.1, 0.15) is 46.5 Å². The highest BCUT2D eigenvalue weighted by Crippen LogP contribution is 2.06. The van der Waals surface area contributed by atoms with E-state index < -0.39 is 0 Å². The quantitative estimate of drug-likeness (QED) is 0.614. The summed E-state index contributed by atoms with van der Waals surface area (Å²) in [6.07, 6.45) is 4.17. The van der Waals surface area contributed by atoms with Gasteiger partial charge in [0.1, 0.15) is 0 Å². The van der Waals surface area contributed by atoms with Crippen molar-refractivity contribution in [2.24, 2.45) is 5.92 Å². The van der Waals surface area contributed by atoms with Crippen LogP contribution < -0.4 is 5.32 Å². The van der Waals surface area contributed by atoms with Gasteiger partial charge in [-0.1, -0.05) is 13.8 Å². The van der Waals surface area contributed by atoms with Crippen LogP contribution in [0.4, 0.5) is 0 Å². The zero-order valence-corrected chi connectivity index (χ0v) is 9.14. The van der Waals surface area contributed by atoms with Gasteiger partial charge in [0.05, 0.1) is 6.07 Å². The second kappa shape index (κ2) is 8.07. The molecular formula is C11H22N2. The Morgan fingerprint density at radius 1 is 1.23 bits per heavy atom. The van der Waals surface area contributed by atoms with Crippen molar-refractivity contribution in [3.8, 4) is 6.07 Å². The number of hydrogen-bond acceptors (Lipinski definition) is 2. The summed E-state index contributed by atoms with van der Waals surface area (Å²) < 4.78 is 0. The molecule has 0 saturated carbocycles. The number of rotatable bonds is 7. The molecule has 0 heterocycles. The van der Waals surface area contributed by atoms with E-state index in [0.717, 1.165) is 18.9 Å². The monoisotopic (exact) mass is 182 g/mol. The standard InChI is InChI=1S/C11H22N2/c1-10(2)6-7-11(3)13-9-5-4-8-12/h10-11,13H,4-7,9H2,1-3H3. The van der Waals surface area contributed by atoms with E-state index in [-0.39, 0.29) is 0 Å². The topological polar surface area (TPSA) is 35.8 Å². The molecule has 76 valence electrons. The van der Waals surface area contributed by atoms with Gasteiger partial charge in [-0.25, -0.2) is 0 Å². The zero-order valence-electron chi connectivity index (χ0n) is 9.14. The highest BCUT2D eigenvalue weighted by molar-refractivity contribution is 4.70. The van der Waals surface area contributed by atoms with Gasteiger partial charge in [-0.2, -0.15) is 5.26 Å². The molecule has 0 spiro atoms. The third-order valence-corrected chi connectivity index (χ3v) is 2.14. The van der Waals surface area contributed by atoms with Crippen molar-refractivity contribution >= 4 is 0 Å². The van der Waals surface area contributed by atoms with Crippen molar-refractivity contribution in [3.63, 3.8) is 0 Å². The van der Waals surface area contributed by atoms with Crippen LogP contribution in [-0.4, -0.2) is 12.6 Å². The summed E-state index contributed by atoms with van der Waals surface area (Å²) in [6, 6.07) is 2.75. The molecule has 0 rings (SSSR count). The minimum atomic E-state index is 0.598. The Balaban J connectivity index is 3.21. The Morgan fingerprint density at radius 2 is 1.92 bits per heavy atom. The summed E-state index contributed by atoms with van der Waals surface area (Å²) in [4.78, 5) is 0. The van der Waals surface area contributed by atoms with Crippen LogP contribution in [0.3, 0.4) is 0 Å². The molecule has 0 aromatic carbocycles. The lowest BCUT2D eigenvalue weighted by molar-refractivity contribution is 0.449. The highest BCUT2D eigenvalue weighted by atomic mass is 14.9. The smallest absolute Gasteiger partial charge is 0.0622 e. The summed E-state index contributed by atoms with van der Waals surface area (Å²) in [5.74, 6) is 0.795. The van der Waals surface area contributed by atoms with E-state index in [1.54, 1.807) is 0 Å². The number of nitrogens with one attached hydrogen (secondary N) is 1. The third kappa shape index (κ3) is 9.36. The summed E-state index contributed by atoms with van der Waals surface area (Å²) >= 11 is 0. The fourth-order valence-electron chi connectivity index (χ4n) is 1.20. The van der Waals surface area contributed by atoms with E-state index in [1.807, 2.05) is 0 Å². The Bertz CT molecular complexity index is 147. The van der Waals surface area contributed by atoms with Gasteiger partial charge < -0.3 is 5.32 Å². The highest BCUT2D eigenvalue weighted by Gasteiger charge is 2.01. The van der Waals surface area contributed by atoms with E-state index in [9.17, 15) is 0 Å². The number of nitriles is 1. The predicted octanol–water partition coefficient (Wildman–Crippen LogP) is 2.70. The summed E-state index contributed by atoms with van der Waals surface area (Å²) in [6.45, 7) is 7.70. The van der Waals surface area contributed by atoms with Gasteiger partial charge in [-0.05, 0) is 38.6 Å². The van der Waals surface area contributed by atoms with Gasteiger partial charge >= 0.3 is 0 Å². The summed E-state index contributed by atoms with van der Waals surface area (Å²) in [7, 11) is 0. The van der Waals surface area contributed by atoms with Crippen LogP contribution in [0.5, 0.6) is 0 Å². The molecule has 0 aliphatic heterocycles. The van der Waals surface area contributed by atoms with Crippen LogP contribution in [0, 0.1) is 17.2 Å². The predicted molar refractivity (Wildman–Crippen MR) is 56.4 cm³/mol. The first kappa shape index (κ1) is 12.4. The summed E-state index contributed by atoms with van der Waals surface area (Å²) in [5, 5.41) is 11.8. The van der Waals surface area contributed by atoms with Crippen molar-refractivity contribution in [1.82, 2.24) is 5.32 Å². The SMILES string of the molecule is CC(C)CCC(C)NCCCC#N. The van der Waals surface area contributed by atoms with Crippen molar-refractivity contribution in [2.75, 3.05) is 6.54 Å². The lowest BCUT2D eigenvalue weighted by Crippen LogP contribution is -2.27. The molecule has 0 aromatic heterocycles. The fraction of sp³-hybridized carbons (Fsp3) is 0.909. The Morgan fingerprint density at radius 3 is 2.46 bits per heavy atom. The van der Waals surface area contributed by atoms with Crippen LogP contribution in [0.2, 0.25) is 0 Å². The van der Waals surface area contributed by atoms with Crippen molar-refractivity contribution < 1.29 is 0 Å². The first-order chi connectivity index (χ1) is 6.16. The molecule has 0 aliphatic rings. The molecule has 1 atom stereocenters. The Hall–Kier alpha value is -0.550. The number of unbranched alkanes of at least 4 members (excludes halogenated alkanes) is 1. The number of nitrogens with zero attached hydrogens (tertiary/aromatic N) is 1. The van der Waals surface area contributed by atoms with E-state index >= 15 is 0 Å². The van der Waals surface area contributed by atoms with E-state index in [2.05, 4.69) is 32.2 Å². The maximum atomic E-state index is 8.33. The first-order valence-corrected chi connectivity index (χ1v) is 5.27. The number of hydrogen-bond donors (Lipinski definition) is 1. The van der Waals surface area contributed by atoms with Crippen LogP contribution >= 0.6 is 0 Å². The molecule has 0 aromatic rings. The minimum absolute atomic E-state index is 0.598. The van der Waals surface area contributed by atoms with E-state index in [0.29, 0.717) is 12.5 Å². The van der Waals surface area contributed by atoms with E-state index in [4.69, 9.17) is 5.26 Å². The molecule has 2 heteroatoms. The lowest BCUT2D eigenvalue weighted by Gasteiger charge is -2.14. The molecule has 0 fully saturated rings. The van der Waals surface area contributed by atoms with Gasteiger partial charge in [0.15, 0.2) is 0 Å². The molecule has 0 saturated heterocycles. The molecule has 1 N–H and O–H groups in total. The molecule has 0 aliphatic carbocycles. The van der Waals surface area contributed by atoms with Crippen LogP contribution in [-0.2, 0) is 0 Å². The molecular weight excluding hydrogens is 160 g/mol. The van der Waals surface area contributed by atoms with Crippen LogP contribution in [0.25, 0.3) is 0 Å². The molecule has 1 unspecified atom stereocenters. The fourth-order valence-corrected chi connectivity index (χ4v) is 1.20. The third-order valence-electron chi connectivity index (χ3n) is 2.14. The normalized spacial score (nSPS) is 12.8. The largest absolute Gasteiger partial charge is 0.314 e. The van der Waals surface area contributed by atoms with Gasteiger partial charge in [0.2, 0.25) is 0 Å². The Kier molecular flexibility index (Phi) is 7.73. The summed E-state index contributed by atoms with van der Waals surface area (Å²) in [5.41, 5.74) is 0. The van der Waals surface area contributed by atoms with Crippen molar-refractivity contribution in [2.45, 2.75) is 52.5 Å². The minimum Gasteiger partial charge on any atom is -0.314 e. The second-order valence-electron chi connectivity index (χ2n) is 4.09. The average molecular weight is 182 g/mol. The molecule has 0 radical (unpaired) electrons. The molecule has 0 amide bonds. The molecule has 0 bridgehead atoms. The van der Waals surface area contributed by atoms with Crippen molar-refractivity contribution in [1.29, 1.82) is 5.26 Å². The van der Waals surface area contributed by atoms with Crippen LogP contribution in [0.15, 0.2) is 0 Å². The first-order valence-electron chi connectivity index (χ1n) is 5.27. The molecule has 2 nitrogen and oxygen atoms in total. The average Bonchev–Trinajstić information content (AvgIpc) is 2.09. The molecule has 13 heavy (non-hydrogen) atoms. The second-order valence-corrected chi connectivity index (χ2v) is 4.09. The zero-order chi connectivity index (χ0) is 10.1.